The number of benzene rings is 1. The largest absolute Gasteiger partial charge is 0.299 e. The van der Waals surface area contributed by atoms with Crippen molar-refractivity contribution in [2.24, 2.45) is 16.7 Å². The van der Waals surface area contributed by atoms with E-state index < -0.39 is 21.4 Å². The Bertz CT molecular complexity index is 875. The van der Waals surface area contributed by atoms with Gasteiger partial charge in [-0.15, -0.1) is 4.28 Å². The molecule has 2 unspecified atom stereocenters. The molecule has 3 aliphatic rings. The molecular weight excluding hydrogens is 342 g/mol. The van der Waals surface area contributed by atoms with E-state index in [9.17, 15) is 18.0 Å². The van der Waals surface area contributed by atoms with Crippen LogP contribution in [-0.2, 0) is 25.7 Å². The number of hydroxylamine groups is 2. The average Bonchev–Trinajstić information content (AvgIpc) is 3.03. The summed E-state index contributed by atoms with van der Waals surface area (Å²) in [4.78, 5) is 24.9. The van der Waals surface area contributed by atoms with Crippen molar-refractivity contribution in [3.8, 4) is 0 Å². The third-order valence-electron chi connectivity index (χ3n) is 6.55. The summed E-state index contributed by atoms with van der Waals surface area (Å²) in [5.74, 6) is -0.578. The molecule has 0 saturated heterocycles. The number of amides is 1. The van der Waals surface area contributed by atoms with Gasteiger partial charge in [-0.1, -0.05) is 32.0 Å². The van der Waals surface area contributed by atoms with Gasteiger partial charge in [-0.2, -0.15) is 13.5 Å². The Morgan fingerprint density at radius 1 is 1.24 bits per heavy atom. The number of carbonyl (C=O) groups excluding carboxylic acids is 2. The summed E-state index contributed by atoms with van der Waals surface area (Å²) in [5, 5.41) is 0.884. The number of hydrogen-bond donors (Lipinski definition) is 0. The molecule has 2 aliphatic carbocycles. The molecule has 7 heteroatoms. The molecule has 2 fully saturated rings. The predicted molar refractivity (Wildman–Crippen MR) is 89.7 cm³/mol. The third-order valence-corrected chi connectivity index (χ3v) is 7.81. The van der Waals surface area contributed by atoms with Crippen LogP contribution in [0.4, 0.5) is 0 Å². The van der Waals surface area contributed by atoms with Crippen molar-refractivity contribution in [1.82, 2.24) is 5.06 Å². The molecule has 1 aromatic rings. The normalized spacial score (nSPS) is 30.2. The van der Waals surface area contributed by atoms with Crippen LogP contribution in [0.1, 0.15) is 49.0 Å². The fraction of sp³-hybridized carbons (Fsp3) is 0.556. The van der Waals surface area contributed by atoms with Gasteiger partial charge >= 0.3 is 0 Å². The van der Waals surface area contributed by atoms with Crippen molar-refractivity contribution in [2.45, 2.75) is 39.7 Å². The first kappa shape index (κ1) is 16.7. The van der Waals surface area contributed by atoms with Crippen LogP contribution in [0.15, 0.2) is 24.3 Å². The van der Waals surface area contributed by atoms with E-state index in [-0.39, 0.29) is 29.4 Å². The lowest BCUT2D eigenvalue weighted by molar-refractivity contribution is -0.128. The molecule has 1 aliphatic heterocycles. The minimum Gasteiger partial charge on any atom is -0.299 e. The molecule has 2 saturated carbocycles. The SMILES string of the molecule is CC1(C)C2CCC1(CS(=O)(=O)ON1Cc3ccccc3C1=O)C(=O)C2. The Hall–Kier alpha value is -1.73. The molecular formula is C18H21NO5S. The van der Waals surface area contributed by atoms with Gasteiger partial charge in [0, 0.05) is 12.0 Å². The maximum atomic E-state index is 12.7. The molecule has 2 bridgehead atoms. The highest BCUT2D eigenvalue weighted by molar-refractivity contribution is 7.86. The van der Waals surface area contributed by atoms with Crippen LogP contribution in [0.5, 0.6) is 0 Å². The summed E-state index contributed by atoms with van der Waals surface area (Å²) in [6.07, 6.45) is 1.87. The lowest BCUT2D eigenvalue weighted by atomic mass is 9.70. The lowest BCUT2D eigenvalue weighted by Gasteiger charge is -2.36. The van der Waals surface area contributed by atoms with Crippen LogP contribution in [0, 0.1) is 16.7 Å². The number of ketones is 1. The standard InChI is InChI=1S/C18H21NO5S/c1-17(2)13-7-8-18(17,15(20)9-13)11-25(22,23)24-19-10-12-5-3-4-6-14(12)16(19)21/h3-6,13H,7-11H2,1-2H3. The molecule has 1 heterocycles. The van der Waals surface area contributed by atoms with Crippen molar-refractivity contribution >= 4 is 21.8 Å². The highest BCUT2D eigenvalue weighted by atomic mass is 32.2. The van der Waals surface area contributed by atoms with Crippen molar-refractivity contribution in [3.05, 3.63) is 35.4 Å². The maximum absolute atomic E-state index is 12.7. The summed E-state index contributed by atoms with van der Waals surface area (Å²) >= 11 is 0. The van der Waals surface area contributed by atoms with Crippen molar-refractivity contribution in [1.29, 1.82) is 0 Å². The number of rotatable bonds is 4. The van der Waals surface area contributed by atoms with Crippen molar-refractivity contribution in [2.75, 3.05) is 5.75 Å². The van der Waals surface area contributed by atoms with E-state index in [2.05, 4.69) is 0 Å². The molecule has 6 nitrogen and oxygen atoms in total. The Kier molecular flexibility index (Phi) is 3.44. The van der Waals surface area contributed by atoms with Crippen LogP contribution >= 0.6 is 0 Å². The van der Waals surface area contributed by atoms with E-state index in [1.165, 1.54) is 0 Å². The maximum Gasteiger partial charge on any atom is 0.289 e. The summed E-state index contributed by atoms with van der Waals surface area (Å²) in [6, 6.07) is 6.94. The highest BCUT2D eigenvalue weighted by Crippen LogP contribution is 2.64. The second-order valence-corrected chi connectivity index (χ2v) is 9.50. The van der Waals surface area contributed by atoms with E-state index in [1.807, 2.05) is 13.8 Å². The van der Waals surface area contributed by atoms with E-state index in [0.717, 1.165) is 17.0 Å². The Balaban J connectivity index is 1.56. The van der Waals surface area contributed by atoms with E-state index in [1.54, 1.807) is 24.3 Å². The third kappa shape index (κ3) is 2.29. The number of carbonyl (C=O) groups is 2. The summed E-state index contributed by atoms with van der Waals surface area (Å²) in [6.45, 7) is 4.05. The summed E-state index contributed by atoms with van der Waals surface area (Å²) in [5.41, 5.74) is -0.0712. The Morgan fingerprint density at radius 3 is 2.56 bits per heavy atom. The first-order chi connectivity index (χ1) is 11.7. The number of hydrogen-bond acceptors (Lipinski definition) is 5. The minimum absolute atomic E-state index is 0.0111. The number of Topliss-reactive ketones (excluding diaryl/α,β-unsaturated/α-hetero) is 1. The molecule has 0 aromatic heterocycles. The number of fused-ring (bicyclic) bond motifs is 3. The quantitative estimate of drug-likeness (QED) is 0.820. The first-order valence-corrected chi connectivity index (χ1v) is 10.1. The minimum atomic E-state index is -4.06. The second kappa shape index (κ2) is 5.14. The van der Waals surface area contributed by atoms with Gasteiger partial charge in [-0.3, -0.25) is 9.59 Å². The van der Waals surface area contributed by atoms with E-state index >= 15 is 0 Å². The smallest absolute Gasteiger partial charge is 0.289 e. The van der Waals surface area contributed by atoms with Gasteiger partial charge in [0.2, 0.25) is 0 Å². The van der Waals surface area contributed by atoms with Gasteiger partial charge in [-0.25, -0.2) is 0 Å². The van der Waals surface area contributed by atoms with Crippen LogP contribution in [0.3, 0.4) is 0 Å². The number of nitrogens with zero attached hydrogens (tertiary/aromatic N) is 1. The second-order valence-electron chi connectivity index (χ2n) is 7.94. The average molecular weight is 363 g/mol. The molecule has 0 spiro atoms. The topological polar surface area (TPSA) is 80.8 Å². The van der Waals surface area contributed by atoms with Crippen molar-refractivity contribution in [3.63, 3.8) is 0 Å². The predicted octanol–water partition coefficient (Wildman–Crippen LogP) is 2.30. The van der Waals surface area contributed by atoms with Gasteiger partial charge in [0.25, 0.3) is 16.0 Å². The van der Waals surface area contributed by atoms with Crippen molar-refractivity contribution < 1.29 is 22.3 Å². The van der Waals surface area contributed by atoms with Gasteiger partial charge < -0.3 is 0 Å². The van der Waals surface area contributed by atoms with Gasteiger partial charge in [0.15, 0.2) is 0 Å². The molecule has 1 aromatic carbocycles. The van der Waals surface area contributed by atoms with Crippen LogP contribution in [0.25, 0.3) is 0 Å². The molecule has 134 valence electrons. The zero-order valence-electron chi connectivity index (χ0n) is 14.3. The summed E-state index contributed by atoms with van der Waals surface area (Å²) in [7, 11) is -4.06. The highest BCUT2D eigenvalue weighted by Gasteiger charge is 2.65. The van der Waals surface area contributed by atoms with Gasteiger partial charge in [0.05, 0.1) is 17.7 Å². The van der Waals surface area contributed by atoms with E-state index in [0.29, 0.717) is 18.4 Å². The lowest BCUT2D eigenvalue weighted by Crippen LogP contribution is -2.44. The first-order valence-electron chi connectivity index (χ1n) is 8.52. The zero-order chi connectivity index (χ0) is 18.0. The Labute approximate surface area is 147 Å². The fourth-order valence-corrected chi connectivity index (χ4v) is 6.59. The van der Waals surface area contributed by atoms with Crippen LogP contribution in [0.2, 0.25) is 0 Å². The molecule has 4 rings (SSSR count). The van der Waals surface area contributed by atoms with Gasteiger partial charge in [-0.05, 0) is 35.8 Å². The molecule has 2 atom stereocenters. The summed E-state index contributed by atoms with van der Waals surface area (Å²) < 4.78 is 30.5. The van der Waals surface area contributed by atoms with Crippen LogP contribution < -0.4 is 0 Å². The molecule has 25 heavy (non-hydrogen) atoms. The fourth-order valence-electron chi connectivity index (χ4n) is 4.86. The monoisotopic (exact) mass is 363 g/mol. The van der Waals surface area contributed by atoms with Gasteiger partial charge in [0.1, 0.15) is 5.78 Å². The van der Waals surface area contributed by atoms with Crippen LogP contribution in [-0.4, -0.2) is 30.9 Å². The Morgan fingerprint density at radius 2 is 1.96 bits per heavy atom. The molecule has 0 N–H and O–H groups in total. The van der Waals surface area contributed by atoms with E-state index in [4.69, 9.17) is 4.28 Å². The zero-order valence-corrected chi connectivity index (χ0v) is 15.1. The molecule has 0 radical (unpaired) electrons. The molecule has 1 amide bonds.